The number of rotatable bonds is 7. The fraction of sp³-hybridized carbons (Fsp3) is 0.545. The predicted molar refractivity (Wildman–Crippen MR) is 105 cm³/mol. The second-order valence-corrected chi connectivity index (χ2v) is 8.20. The van der Waals surface area contributed by atoms with E-state index in [1.54, 1.807) is 0 Å². The summed E-state index contributed by atoms with van der Waals surface area (Å²) in [5.74, 6) is 1.21. The maximum Gasteiger partial charge on any atom is 0.225 e. The minimum atomic E-state index is 0.0952. The van der Waals surface area contributed by atoms with E-state index in [0.29, 0.717) is 18.3 Å². The van der Waals surface area contributed by atoms with Gasteiger partial charge in [0.2, 0.25) is 5.91 Å². The van der Waals surface area contributed by atoms with Gasteiger partial charge in [0.25, 0.3) is 0 Å². The molecule has 0 saturated heterocycles. The predicted octanol–water partition coefficient (Wildman–Crippen LogP) is 4.27. The Morgan fingerprint density at radius 1 is 1.19 bits per heavy atom. The lowest BCUT2D eigenvalue weighted by Gasteiger charge is -2.19. The van der Waals surface area contributed by atoms with Gasteiger partial charge in [0, 0.05) is 17.8 Å². The smallest absolute Gasteiger partial charge is 0.225 e. The molecule has 1 aromatic heterocycles. The molecule has 0 bridgehead atoms. The Kier molecular flexibility index (Phi) is 5.49. The van der Waals surface area contributed by atoms with Crippen molar-refractivity contribution < 1.29 is 4.79 Å². The Morgan fingerprint density at radius 2 is 1.85 bits per heavy atom. The molecule has 1 aliphatic rings. The number of nitrogens with one attached hydrogen (secondary N) is 1. The summed E-state index contributed by atoms with van der Waals surface area (Å²) in [4.78, 5) is 12.8. The maximum absolute atomic E-state index is 12.8. The van der Waals surface area contributed by atoms with Crippen molar-refractivity contribution in [2.45, 2.75) is 66.5 Å². The van der Waals surface area contributed by atoms with Crippen molar-refractivity contribution in [3.8, 4) is 0 Å². The molecule has 1 amide bonds. The zero-order valence-electron chi connectivity index (χ0n) is 16.7. The van der Waals surface area contributed by atoms with Crippen LogP contribution in [0.25, 0.3) is 0 Å². The van der Waals surface area contributed by atoms with Crippen molar-refractivity contribution in [3.63, 3.8) is 0 Å². The Labute approximate surface area is 157 Å². The molecular weight excluding hydrogens is 322 g/mol. The van der Waals surface area contributed by atoms with E-state index in [0.717, 1.165) is 23.5 Å². The fourth-order valence-electron chi connectivity index (χ4n) is 3.58. The van der Waals surface area contributed by atoms with E-state index in [-0.39, 0.29) is 11.9 Å². The Morgan fingerprint density at radius 3 is 2.42 bits per heavy atom. The van der Waals surface area contributed by atoms with Crippen LogP contribution >= 0.6 is 0 Å². The Bertz CT molecular complexity index is 769. The number of benzene rings is 1. The van der Waals surface area contributed by atoms with Gasteiger partial charge >= 0.3 is 0 Å². The molecular formula is C22H31N3O. The number of aryl methyl sites for hydroxylation is 2. The molecule has 1 fully saturated rings. The van der Waals surface area contributed by atoms with Gasteiger partial charge in [-0.05, 0) is 51.0 Å². The summed E-state index contributed by atoms with van der Waals surface area (Å²) in [7, 11) is 0. The van der Waals surface area contributed by atoms with Crippen LogP contribution in [0.1, 0.15) is 60.8 Å². The minimum Gasteiger partial charge on any atom is -0.349 e. The van der Waals surface area contributed by atoms with Gasteiger partial charge in [0.15, 0.2) is 0 Å². The van der Waals surface area contributed by atoms with E-state index in [1.165, 1.54) is 24.0 Å². The molecule has 2 aromatic rings. The van der Waals surface area contributed by atoms with Crippen LogP contribution in [0.3, 0.4) is 0 Å². The zero-order chi connectivity index (χ0) is 18.8. The average molecular weight is 354 g/mol. The van der Waals surface area contributed by atoms with Crippen molar-refractivity contribution in [1.82, 2.24) is 15.1 Å². The van der Waals surface area contributed by atoms with Crippen molar-refractivity contribution in [3.05, 3.63) is 52.3 Å². The van der Waals surface area contributed by atoms with Crippen LogP contribution in [0.5, 0.6) is 0 Å². The summed E-state index contributed by atoms with van der Waals surface area (Å²) >= 11 is 0. The molecule has 1 atom stereocenters. The first-order chi connectivity index (χ1) is 12.3. The lowest BCUT2D eigenvalue weighted by molar-refractivity contribution is -0.121. The first-order valence-electron chi connectivity index (χ1n) is 9.74. The molecule has 1 aromatic carbocycles. The van der Waals surface area contributed by atoms with E-state index in [2.05, 4.69) is 62.4 Å². The van der Waals surface area contributed by atoms with E-state index < -0.39 is 0 Å². The van der Waals surface area contributed by atoms with Gasteiger partial charge in [0.1, 0.15) is 0 Å². The number of hydrogen-bond acceptors (Lipinski definition) is 2. The first kappa shape index (κ1) is 18.7. The van der Waals surface area contributed by atoms with Crippen LogP contribution < -0.4 is 5.32 Å². The van der Waals surface area contributed by atoms with Crippen LogP contribution in [0.4, 0.5) is 0 Å². The number of carbonyl (C=O) groups is 1. The molecule has 0 spiro atoms. The molecule has 3 rings (SSSR count). The summed E-state index contributed by atoms with van der Waals surface area (Å²) in [6.45, 7) is 11.4. The first-order valence-corrected chi connectivity index (χ1v) is 9.74. The average Bonchev–Trinajstić information content (AvgIpc) is 3.38. The molecule has 140 valence electrons. The van der Waals surface area contributed by atoms with Crippen molar-refractivity contribution in [1.29, 1.82) is 0 Å². The highest BCUT2D eigenvalue weighted by atomic mass is 16.1. The third kappa shape index (κ3) is 4.35. The van der Waals surface area contributed by atoms with Crippen LogP contribution in [0, 0.1) is 32.6 Å². The zero-order valence-corrected chi connectivity index (χ0v) is 16.7. The largest absolute Gasteiger partial charge is 0.349 e. The second kappa shape index (κ2) is 7.65. The van der Waals surface area contributed by atoms with Crippen LogP contribution in [-0.4, -0.2) is 15.7 Å². The standard InChI is InChI=1S/C22H31N3O/c1-14(2)13-25-17(5)20(16(4)24-25)12-21(26)23-22(19-10-11-19)18-8-6-15(3)7-9-18/h6-9,14,19,22H,10-13H2,1-5H3,(H,23,26). The van der Waals surface area contributed by atoms with Gasteiger partial charge in [-0.15, -0.1) is 0 Å². The van der Waals surface area contributed by atoms with Gasteiger partial charge < -0.3 is 5.32 Å². The molecule has 1 heterocycles. The monoisotopic (exact) mass is 353 g/mol. The number of nitrogens with zero attached hydrogens (tertiary/aromatic N) is 2. The van der Waals surface area contributed by atoms with Crippen molar-refractivity contribution in [2.75, 3.05) is 0 Å². The van der Waals surface area contributed by atoms with Crippen LogP contribution in [-0.2, 0) is 17.8 Å². The molecule has 0 aliphatic heterocycles. The highest BCUT2D eigenvalue weighted by Gasteiger charge is 2.33. The summed E-state index contributed by atoms with van der Waals surface area (Å²) in [6.07, 6.45) is 2.80. The molecule has 4 heteroatoms. The molecule has 0 radical (unpaired) electrons. The third-order valence-corrected chi connectivity index (χ3v) is 5.25. The van der Waals surface area contributed by atoms with Gasteiger partial charge in [-0.25, -0.2) is 0 Å². The van der Waals surface area contributed by atoms with Crippen LogP contribution in [0.15, 0.2) is 24.3 Å². The van der Waals surface area contributed by atoms with E-state index in [4.69, 9.17) is 0 Å². The van der Waals surface area contributed by atoms with Crippen LogP contribution in [0.2, 0.25) is 0 Å². The summed E-state index contributed by atoms with van der Waals surface area (Å²) < 4.78 is 2.04. The molecule has 1 saturated carbocycles. The number of aromatic nitrogens is 2. The second-order valence-electron chi connectivity index (χ2n) is 8.20. The topological polar surface area (TPSA) is 46.9 Å². The summed E-state index contributed by atoms with van der Waals surface area (Å²) in [5.41, 5.74) is 5.62. The van der Waals surface area contributed by atoms with Crippen molar-refractivity contribution >= 4 is 5.91 Å². The molecule has 1 N–H and O–H groups in total. The highest BCUT2D eigenvalue weighted by molar-refractivity contribution is 5.79. The summed E-state index contributed by atoms with van der Waals surface area (Å²) in [6, 6.07) is 8.68. The van der Waals surface area contributed by atoms with E-state index >= 15 is 0 Å². The molecule has 1 aliphatic carbocycles. The highest BCUT2D eigenvalue weighted by Crippen LogP contribution is 2.41. The van der Waals surface area contributed by atoms with Crippen molar-refractivity contribution in [2.24, 2.45) is 11.8 Å². The Hall–Kier alpha value is -2.10. The fourth-order valence-corrected chi connectivity index (χ4v) is 3.58. The third-order valence-electron chi connectivity index (χ3n) is 5.25. The van der Waals surface area contributed by atoms with E-state index in [9.17, 15) is 4.79 Å². The van der Waals surface area contributed by atoms with Gasteiger partial charge in [-0.2, -0.15) is 5.10 Å². The number of amides is 1. The number of hydrogen-bond donors (Lipinski definition) is 1. The molecule has 26 heavy (non-hydrogen) atoms. The maximum atomic E-state index is 12.8. The van der Waals surface area contributed by atoms with E-state index in [1.807, 2.05) is 11.6 Å². The SMILES string of the molecule is Cc1ccc(C(NC(=O)Cc2c(C)nn(CC(C)C)c2C)C2CC2)cc1. The van der Waals surface area contributed by atoms with Gasteiger partial charge in [-0.3, -0.25) is 9.48 Å². The number of carbonyl (C=O) groups excluding carboxylic acids is 1. The normalized spacial score (nSPS) is 15.3. The summed E-state index contributed by atoms with van der Waals surface area (Å²) in [5, 5.41) is 7.93. The Balaban J connectivity index is 1.71. The van der Waals surface area contributed by atoms with Gasteiger partial charge in [0.05, 0.1) is 18.2 Å². The molecule has 4 nitrogen and oxygen atoms in total. The lowest BCUT2D eigenvalue weighted by Crippen LogP contribution is -2.31. The van der Waals surface area contributed by atoms with Gasteiger partial charge in [-0.1, -0.05) is 43.7 Å². The molecule has 1 unspecified atom stereocenters. The quantitative estimate of drug-likeness (QED) is 0.808. The minimum absolute atomic E-state index is 0.0952. The lowest BCUT2D eigenvalue weighted by atomic mass is 10.0.